The van der Waals surface area contributed by atoms with Gasteiger partial charge in [0.25, 0.3) is 0 Å². The monoisotopic (exact) mass is 331 g/mol. The van der Waals surface area contributed by atoms with Crippen LogP contribution in [0.3, 0.4) is 0 Å². The Morgan fingerprint density at radius 3 is 2.54 bits per heavy atom. The number of nitrogens with one attached hydrogen (secondary N) is 1. The van der Waals surface area contributed by atoms with Crippen molar-refractivity contribution in [3.05, 3.63) is 29.8 Å². The van der Waals surface area contributed by atoms with Gasteiger partial charge in [0.15, 0.2) is 0 Å². The normalized spacial score (nSPS) is 26.3. The summed E-state index contributed by atoms with van der Waals surface area (Å²) in [5.74, 6) is 1.16. The summed E-state index contributed by atoms with van der Waals surface area (Å²) in [6, 6.07) is 7.91. The van der Waals surface area contributed by atoms with E-state index >= 15 is 0 Å². The zero-order valence-corrected chi connectivity index (χ0v) is 14.5. The molecule has 1 aromatic carbocycles. The van der Waals surface area contributed by atoms with E-state index < -0.39 is 0 Å². The third kappa shape index (κ3) is 3.11. The molecule has 0 unspecified atom stereocenters. The summed E-state index contributed by atoms with van der Waals surface area (Å²) in [7, 11) is 3.29. The molecule has 6 nitrogen and oxygen atoms in total. The van der Waals surface area contributed by atoms with Crippen molar-refractivity contribution >= 4 is 11.8 Å². The number of fused-ring (bicyclic) bond motifs is 1. The van der Waals surface area contributed by atoms with Crippen LogP contribution < -0.4 is 10.1 Å². The number of rotatable bonds is 4. The Labute approximate surface area is 142 Å². The molecule has 0 spiro atoms. The average molecular weight is 331 g/mol. The first kappa shape index (κ1) is 16.8. The molecule has 0 aliphatic carbocycles. The second-order valence-corrected chi connectivity index (χ2v) is 6.66. The fourth-order valence-corrected chi connectivity index (χ4v) is 4.09. The molecule has 0 saturated carbocycles. The summed E-state index contributed by atoms with van der Waals surface area (Å²) in [4.78, 5) is 28.3. The predicted molar refractivity (Wildman–Crippen MR) is 90.5 cm³/mol. The molecule has 130 valence electrons. The van der Waals surface area contributed by atoms with Gasteiger partial charge in [0.05, 0.1) is 7.11 Å². The molecule has 2 fully saturated rings. The van der Waals surface area contributed by atoms with Gasteiger partial charge in [-0.1, -0.05) is 12.1 Å². The lowest BCUT2D eigenvalue weighted by Gasteiger charge is -2.28. The largest absolute Gasteiger partial charge is 0.497 e. The second-order valence-electron chi connectivity index (χ2n) is 6.66. The Morgan fingerprint density at radius 2 is 1.96 bits per heavy atom. The fraction of sp³-hybridized carbons (Fsp3) is 0.556. The Morgan fingerprint density at radius 1 is 1.25 bits per heavy atom. The number of carbonyl (C=O) groups excluding carboxylic acids is 2. The van der Waals surface area contributed by atoms with E-state index in [9.17, 15) is 9.59 Å². The van der Waals surface area contributed by atoms with E-state index in [0.29, 0.717) is 5.92 Å². The van der Waals surface area contributed by atoms with Gasteiger partial charge in [-0.15, -0.1) is 0 Å². The number of ether oxygens (including phenoxy) is 1. The van der Waals surface area contributed by atoms with E-state index in [1.54, 1.807) is 26.0 Å². The van der Waals surface area contributed by atoms with Crippen molar-refractivity contribution in [3.8, 4) is 5.75 Å². The molecule has 3 rings (SSSR count). The van der Waals surface area contributed by atoms with Crippen molar-refractivity contribution in [3.63, 3.8) is 0 Å². The molecule has 1 aromatic rings. The van der Waals surface area contributed by atoms with E-state index in [1.165, 1.54) is 5.56 Å². The molecule has 2 amide bonds. The minimum absolute atomic E-state index is 0.0117. The van der Waals surface area contributed by atoms with Gasteiger partial charge in [-0.3, -0.25) is 14.5 Å². The van der Waals surface area contributed by atoms with Crippen LogP contribution in [0.15, 0.2) is 24.3 Å². The molecular formula is C18H25N3O3. The van der Waals surface area contributed by atoms with Crippen molar-refractivity contribution in [1.29, 1.82) is 0 Å². The van der Waals surface area contributed by atoms with Crippen LogP contribution in [0.4, 0.5) is 0 Å². The SMILES string of the molecule is CNC(=O)[C@@H]1C[C@H]2CN(Cc3ccc(OC)cc3)C[C@H]2N1C(C)=O. The van der Waals surface area contributed by atoms with Crippen LogP contribution >= 0.6 is 0 Å². The first-order valence-corrected chi connectivity index (χ1v) is 8.39. The van der Waals surface area contributed by atoms with E-state index in [1.807, 2.05) is 12.1 Å². The van der Waals surface area contributed by atoms with E-state index in [4.69, 9.17) is 4.74 Å². The maximum Gasteiger partial charge on any atom is 0.242 e. The Balaban J connectivity index is 1.66. The highest BCUT2D eigenvalue weighted by molar-refractivity contribution is 5.87. The van der Waals surface area contributed by atoms with E-state index in [0.717, 1.165) is 31.8 Å². The molecule has 0 aromatic heterocycles. The summed E-state index contributed by atoms with van der Waals surface area (Å²) < 4.78 is 5.19. The minimum atomic E-state index is -0.314. The highest BCUT2D eigenvalue weighted by Crippen LogP contribution is 2.36. The average Bonchev–Trinajstić information content (AvgIpc) is 3.11. The number of methoxy groups -OCH3 is 1. The van der Waals surface area contributed by atoms with Gasteiger partial charge in [0.2, 0.25) is 11.8 Å². The van der Waals surface area contributed by atoms with Crippen LogP contribution in [-0.2, 0) is 16.1 Å². The summed E-state index contributed by atoms with van der Waals surface area (Å²) in [5.41, 5.74) is 1.23. The molecule has 0 bridgehead atoms. The van der Waals surface area contributed by atoms with Gasteiger partial charge in [0.1, 0.15) is 11.8 Å². The number of carbonyl (C=O) groups is 2. The topological polar surface area (TPSA) is 61.9 Å². The van der Waals surface area contributed by atoms with E-state index in [2.05, 4.69) is 22.3 Å². The van der Waals surface area contributed by atoms with Gasteiger partial charge in [-0.25, -0.2) is 0 Å². The van der Waals surface area contributed by atoms with Crippen LogP contribution in [-0.4, -0.2) is 60.9 Å². The molecule has 2 saturated heterocycles. The van der Waals surface area contributed by atoms with E-state index in [-0.39, 0.29) is 23.9 Å². The van der Waals surface area contributed by atoms with Crippen molar-refractivity contribution < 1.29 is 14.3 Å². The molecular weight excluding hydrogens is 306 g/mol. The van der Waals surface area contributed by atoms with Crippen molar-refractivity contribution in [2.75, 3.05) is 27.2 Å². The number of amides is 2. The molecule has 3 atom stereocenters. The van der Waals surface area contributed by atoms with Gasteiger partial charge in [-0.2, -0.15) is 0 Å². The van der Waals surface area contributed by atoms with Gasteiger partial charge in [0, 0.05) is 39.6 Å². The fourth-order valence-electron chi connectivity index (χ4n) is 4.09. The lowest BCUT2D eigenvalue weighted by atomic mass is 10.0. The van der Waals surface area contributed by atoms with Crippen LogP contribution in [0, 0.1) is 5.92 Å². The van der Waals surface area contributed by atoms with Crippen LogP contribution in [0.25, 0.3) is 0 Å². The van der Waals surface area contributed by atoms with Crippen molar-refractivity contribution in [1.82, 2.24) is 15.1 Å². The maximum absolute atomic E-state index is 12.1. The molecule has 0 radical (unpaired) electrons. The van der Waals surface area contributed by atoms with Crippen molar-refractivity contribution in [2.24, 2.45) is 5.92 Å². The van der Waals surface area contributed by atoms with Crippen LogP contribution in [0.5, 0.6) is 5.75 Å². The van der Waals surface area contributed by atoms with Crippen LogP contribution in [0.2, 0.25) is 0 Å². The molecule has 1 N–H and O–H groups in total. The molecule has 6 heteroatoms. The number of likely N-dealkylation sites (N-methyl/N-ethyl adjacent to an activating group) is 1. The Kier molecular flexibility index (Phi) is 4.76. The molecule has 2 aliphatic heterocycles. The Hall–Kier alpha value is -2.08. The van der Waals surface area contributed by atoms with Gasteiger partial charge < -0.3 is 15.0 Å². The summed E-state index contributed by atoms with van der Waals surface area (Å²) in [6.45, 7) is 4.16. The predicted octanol–water partition coefficient (Wildman–Crippen LogP) is 0.862. The highest BCUT2D eigenvalue weighted by Gasteiger charge is 2.49. The molecule has 24 heavy (non-hydrogen) atoms. The summed E-state index contributed by atoms with van der Waals surface area (Å²) >= 11 is 0. The number of nitrogens with zero attached hydrogens (tertiary/aromatic N) is 2. The van der Waals surface area contributed by atoms with Gasteiger partial charge in [-0.05, 0) is 30.0 Å². The zero-order chi connectivity index (χ0) is 17.3. The quantitative estimate of drug-likeness (QED) is 0.889. The lowest BCUT2D eigenvalue weighted by molar-refractivity contribution is -0.138. The molecule has 2 aliphatic rings. The van der Waals surface area contributed by atoms with Crippen molar-refractivity contribution in [2.45, 2.75) is 32.0 Å². The van der Waals surface area contributed by atoms with Crippen LogP contribution in [0.1, 0.15) is 18.9 Å². The number of hydrogen-bond acceptors (Lipinski definition) is 4. The number of hydrogen-bond donors (Lipinski definition) is 1. The third-order valence-electron chi connectivity index (χ3n) is 5.18. The second kappa shape index (κ2) is 6.81. The van der Waals surface area contributed by atoms with Gasteiger partial charge >= 0.3 is 0 Å². The summed E-state index contributed by atoms with van der Waals surface area (Å²) in [5, 5.41) is 2.68. The lowest BCUT2D eigenvalue weighted by Crippen LogP contribution is -2.49. The first-order chi connectivity index (χ1) is 11.5. The first-order valence-electron chi connectivity index (χ1n) is 8.39. The highest BCUT2D eigenvalue weighted by atomic mass is 16.5. The smallest absolute Gasteiger partial charge is 0.242 e. The maximum atomic E-state index is 12.1. The zero-order valence-electron chi connectivity index (χ0n) is 14.5. The minimum Gasteiger partial charge on any atom is -0.497 e. The summed E-state index contributed by atoms with van der Waals surface area (Å²) in [6.07, 6.45) is 0.753. The third-order valence-corrected chi connectivity index (χ3v) is 5.18. The standard InChI is InChI=1S/C18H25N3O3/c1-12(22)21-16(18(23)19-2)8-14-10-20(11-17(14)21)9-13-4-6-15(24-3)7-5-13/h4-7,14,16-17H,8-11H2,1-3H3,(H,19,23)/t14-,16-,17+/m0/s1. The number of benzene rings is 1. The molecule has 2 heterocycles. The Bertz CT molecular complexity index is 616. The number of likely N-dealkylation sites (tertiary alicyclic amines) is 2.